The molecular weight excluding hydrogens is 317 g/mol. The van der Waals surface area contributed by atoms with Gasteiger partial charge in [-0.3, -0.25) is 4.79 Å². The summed E-state index contributed by atoms with van der Waals surface area (Å²) in [4.78, 5) is 12.1. The molecule has 0 aliphatic carbocycles. The number of carbonyl (C=O) groups excluding carboxylic acids is 1. The first-order valence-corrected chi connectivity index (χ1v) is 6.39. The van der Waals surface area contributed by atoms with Crippen LogP contribution in [0, 0.1) is 11.7 Å². The van der Waals surface area contributed by atoms with Crippen LogP contribution in [0.3, 0.4) is 0 Å². The van der Waals surface area contributed by atoms with E-state index in [0.29, 0.717) is 4.47 Å². The van der Waals surface area contributed by atoms with Crippen molar-refractivity contribution in [1.29, 1.82) is 0 Å². The molecule has 4 N–H and O–H groups in total. The molecule has 0 aromatic heterocycles. The topological polar surface area (TPSA) is 87.7 Å². The number of hydrogen-bond donors (Lipinski definition) is 3. The fourth-order valence-electron chi connectivity index (χ4n) is 1.53. The third-order valence-electron chi connectivity index (χ3n) is 2.56. The first-order valence-electron chi connectivity index (χ1n) is 5.60. The first-order chi connectivity index (χ1) is 8.86. The predicted octanol–water partition coefficient (Wildman–Crippen LogP) is 2.09. The molecule has 0 aliphatic heterocycles. The molecule has 104 valence electrons. The highest BCUT2D eigenvalue weighted by atomic mass is 79.9. The number of carbonyl (C=O) groups is 1. The van der Waals surface area contributed by atoms with Crippen molar-refractivity contribution in [2.75, 3.05) is 0 Å². The molecule has 0 radical (unpaired) electrons. The molecule has 0 saturated heterocycles. The zero-order chi connectivity index (χ0) is 14.6. The Labute approximate surface area is 118 Å². The van der Waals surface area contributed by atoms with E-state index < -0.39 is 17.8 Å². The Morgan fingerprint density at radius 3 is 2.68 bits per heavy atom. The number of nitrogens with two attached hydrogens (primary N) is 1. The lowest BCUT2D eigenvalue weighted by Gasteiger charge is -2.21. The molecule has 1 aromatic rings. The average molecular weight is 332 g/mol. The zero-order valence-corrected chi connectivity index (χ0v) is 12.1. The van der Waals surface area contributed by atoms with Crippen molar-refractivity contribution < 1.29 is 14.4 Å². The van der Waals surface area contributed by atoms with E-state index in [0.717, 1.165) is 6.07 Å². The van der Waals surface area contributed by atoms with E-state index in [2.05, 4.69) is 26.4 Å². The highest BCUT2D eigenvalue weighted by Gasteiger charge is 2.22. The normalized spacial score (nSPS) is 13.4. The van der Waals surface area contributed by atoms with Gasteiger partial charge in [0.2, 0.25) is 0 Å². The maximum atomic E-state index is 13.1. The summed E-state index contributed by atoms with van der Waals surface area (Å²) in [5.74, 6) is -1.20. The Hall–Kier alpha value is -1.63. The van der Waals surface area contributed by atoms with Crippen LogP contribution in [0.5, 0.6) is 0 Å². The number of nitrogens with zero attached hydrogens (tertiary/aromatic N) is 1. The highest BCUT2D eigenvalue weighted by Crippen LogP contribution is 2.18. The summed E-state index contributed by atoms with van der Waals surface area (Å²) in [6, 6.07) is 3.17. The number of amides is 1. The second-order valence-corrected chi connectivity index (χ2v) is 5.20. The molecule has 0 fully saturated rings. The fraction of sp³-hybridized carbons (Fsp3) is 0.333. The second kappa shape index (κ2) is 6.51. The molecule has 1 rings (SSSR count). The molecule has 1 atom stereocenters. The van der Waals surface area contributed by atoms with Crippen LogP contribution in [0.15, 0.2) is 27.8 Å². The van der Waals surface area contributed by atoms with Gasteiger partial charge in [0.1, 0.15) is 5.82 Å². The van der Waals surface area contributed by atoms with Gasteiger partial charge in [0, 0.05) is 4.47 Å². The van der Waals surface area contributed by atoms with E-state index in [1.54, 1.807) is 0 Å². The van der Waals surface area contributed by atoms with Gasteiger partial charge in [0.15, 0.2) is 5.84 Å². The Morgan fingerprint density at radius 1 is 1.53 bits per heavy atom. The molecule has 1 amide bonds. The van der Waals surface area contributed by atoms with E-state index >= 15 is 0 Å². The van der Waals surface area contributed by atoms with Gasteiger partial charge >= 0.3 is 0 Å². The highest BCUT2D eigenvalue weighted by molar-refractivity contribution is 9.10. The first kappa shape index (κ1) is 15.4. The number of rotatable bonds is 4. The van der Waals surface area contributed by atoms with Gasteiger partial charge in [-0.25, -0.2) is 4.39 Å². The van der Waals surface area contributed by atoms with E-state index in [9.17, 15) is 9.18 Å². The predicted molar refractivity (Wildman–Crippen MR) is 73.6 cm³/mol. The minimum Gasteiger partial charge on any atom is -0.409 e. The lowest BCUT2D eigenvalue weighted by Crippen LogP contribution is -2.47. The van der Waals surface area contributed by atoms with Crippen LogP contribution >= 0.6 is 15.9 Å². The van der Waals surface area contributed by atoms with Crippen LogP contribution in [-0.2, 0) is 0 Å². The summed E-state index contributed by atoms with van der Waals surface area (Å²) in [5, 5.41) is 14.2. The van der Waals surface area contributed by atoms with Crippen LogP contribution in [0.25, 0.3) is 0 Å². The van der Waals surface area contributed by atoms with Crippen molar-refractivity contribution in [2.24, 2.45) is 16.8 Å². The molecule has 19 heavy (non-hydrogen) atoms. The molecule has 0 bridgehead atoms. The van der Waals surface area contributed by atoms with E-state index in [1.807, 2.05) is 13.8 Å². The molecule has 0 spiro atoms. The molecule has 1 aromatic carbocycles. The number of halogens is 2. The van der Waals surface area contributed by atoms with Crippen molar-refractivity contribution in [3.05, 3.63) is 34.1 Å². The number of benzene rings is 1. The summed E-state index contributed by atoms with van der Waals surface area (Å²) >= 11 is 3.17. The smallest absolute Gasteiger partial charge is 0.253 e. The lowest BCUT2D eigenvalue weighted by molar-refractivity contribution is 0.0937. The third-order valence-corrected chi connectivity index (χ3v) is 3.25. The van der Waals surface area contributed by atoms with Crippen molar-refractivity contribution in [3.63, 3.8) is 0 Å². The maximum Gasteiger partial charge on any atom is 0.253 e. The lowest BCUT2D eigenvalue weighted by atomic mass is 10.0. The third kappa shape index (κ3) is 3.92. The minimum absolute atomic E-state index is 0.0767. The summed E-state index contributed by atoms with van der Waals surface area (Å²) in [6.07, 6.45) is 0. The van der Waals surface area contributed by atoms with Crippen molar-refractivity contribution >= 4 is 27.7 Å². The summed E-state index contributed by atoms with van der Waals surface area (Å²) in [7, 11) is 0. The molecule has 7 heteroatoms. The second-order valence-electron chi connectivity index (χ2n) is 4.34. The molecule has 0 aliphatic rings. The molecular formula is C12H15BrFN3O2. The van der Waals surface area contributed by atoms with Crippen LogP contribution < -0.4 is 11.1 Å². The SMILES string of the molecule is CC(C)C(NC(=O)c1cc(F)ccc1Br)C(N)=NO. The van der Waals surface area contributed by atoms with Gasteiger partial charge in [-0.2, -0.15) is 0 Å². The van der Waals surface area contributed by atoms with E-state index in [-0.39, 0.29) is 17.3 Å². The maximum absolute atomic E-state index is 13.1. The Kier molecular flexibility index (Phi) is 5.29. The standard InChI is InChI=1S/C12H15BrFN3O2/c1-6(2)10(11(15)17-19)16-12(18)8-5-7(14)3-4-9(8)13/h3-6,10,19H,1-2H3,(H2,15,17)(H,16,18). The van der Waals surface area contributed by atoms with Gasteiger partial charge in [-0.1, -0.05) is 19.0 Å². The van der Waals surface area contributed by atoms with Gasteiger partial charge in [-0.05, 0) is 40.0 Å². The Bertz CT molecular complexity index is 506. The van der Waals surface area contributed by atoms with Crippen molar-refractivity contribution in [2.45, 2.75) is 19.9 Å². The molecule has 0 heterocycles. The average Bonchev–Trinajstić information content (AvgIpc) is 2.37. The number of oxime groups is 1. The summed E-state index contributed by atoms with van der Waals surface area (Å²) in [5.41, 5.74) is 5.66. The number of amidine groups is 1. The molecule has 1 unspecified atom stereocenters. The number of nitrogens with one attached hydrogen (secondary N) is 1. The van der Waals surface area contributed by atoms with Crippen LogP contribution in [0.4, 0.5) is 4.39 Å². The summed E-state index contributed by atoms with van der Waals surface area (Å²) < 4.78 is 13.6. The van der Waals surface area contributed by atoms with Crippen molar-refractivity contribution in [1.82, 2.24) is 5.32 Å². The van der Waals surface area contributed by atoms with Gasteiger partial charge in [0.25, 0.3) is 5.91 Å². The van der Waals surface area contributed by atoms with E-state index in [1.165, 1.54) is 12.1 Å². The van der Waals surface area contributed by atoms with Crippen LogP contribution in [-0.4, -0.2) is 23.0 Å². The summed E-state index contributed by atoms with van der Waals surface area (Å²) in [6.45, 7) is 3.62. The van der Waals surface area contributed by atoms with Gasteiger partial charge in [-0.15, -0.1) is 0 Å². The Morgan fingerprint density at radius 2 is 2.16 bits per heavy atom. The van der Waals surface area contributed by atoms with Crippen molar-refractivity contribution in [3.8, 4) is 0 Å². The molecule has 0 saturated carbocycles. The van der Waals surface area contributed by atoms with Crippen LogP contribution in [0.2, 0.25) is 0 Å². The largest absolute Gasteiger partial charge is 0.409 e. The molecule has 5 nitrogen and oxygen atoms in total. The minimum atomic E-state index is -0.632. The quantitative estimate of drug-likeness (QED) is 0.341. The van der Waals surface area contributed by atoms with Crippen LogP contribution in [0.1, 0.15) is 24.2 Å². The van der Waals surface area contributed by atoms with Gasteiger partial charge < -0.3 is 16.3 Å². The fourth-order valence-corrected chi connectivity index (χ4v) is 1.96. The van der Waals surface area contributed by atoms with E-state index in [4.69, 9.17) is 10.9 Å². The number of hydrogen-bond acceptors (Lipinski definition) is 3. The van der Waals surface area contributed by atoms with Gasteiger partial charge in [0.05, 0.1) is 11.6 Å². The Balaban J connectivity index is 2.97. The zero-order valence-electron chi connectivity index (χ0n) is 10.5. The monoisotopic (exact) mass is 331 g/mol.